The molecule has 1 fully saturated rings. The van der Waals surface area contributed by atoms with Crippen LogP contribution in [0.3, 0.4) is 0 Å². The van der Waals surface area contributed by atoms with Crippen molar-refractivity contribution in [1.29, 1.82) is 0 Å². The van der Waals surface area contributed by atoms with Crippen molar-refractivity contribution in [3.63, 3.8) is 0 Å². The van der Waals surface area contributed by atoms with E-state index < -0.39 is 5.60 Å². The Hall–Kier alpha value is -1.03. The second kappa shape index (κ2) is 4.92. The van der Waals surface area contributed by atoms with Gasteiger partial charge in [0.25, 0.3) is 0 Å². The van der Waals surface area contributed by atoms with Crippen LogP contribution in [0.25, 0.3) is 0 Å². The molecule has 0 amide bonds. The molecule has 1 heterocycles. The maximum absolute atomic E-state index is 11.0. The van der Waals surface area contributed by atoms with Crippen molar-refractivity contribution in [3.8, 4) is 5.75 Å². The van der Waals surface area contributed by atoms with Crippen LogP contribution in [0.1, 0.15) is 58.2 Å². The van der Waals surface area contributed by atoms with Crippen molar-refractivity contribution in [2.24, 2.45) is 5.92 Å². The molecule has 18 heavy (non-hydrogen) atoms. The summed E-state index contributed by atoms with van der Waals surface area (Å²) in [5, 5.41) is 15.3. The minimum Gasteiger partial charge on any atom is -0.493 e. The van der Waals surface area contributed by atoms with Gasteiger partial charge in [0.2, 0.25) is 0 Å². The maximum Gasteiger partial charge on any atom is 0.162 e. The Morgan fingerprint density at radius 1 is 1.61 bits per heavy atom. The molecular formula is C14H24N2O2. The molecule has 1 aromatic heterocycles. The van der Waals surface area contributed by atoms with Crippen molar-refractivity contribution in [3.05, 3.63) is 11.9 Å². The van der Waals surface area contributed by atoms with E-state index in [4.69, 9.17) is 4.74 Å². The topological polar surface area (TPSA) is 47.3 Å². The van der Waals surface area contributed by atoms with Gasteiger partial charge >= 0.3 is 0 Å². The number of ether oxygens (including phenoxy) is 1. The molecule has 2 atom stereocenters. The van der Waals surface area contributed by atoms with Gasteiger partial charge in [0.05, 0.1) is 13.3 Å². The molecule has 1 aliphatic carbocycles. The molecule has 1 saturated carbocycles. The van der Waals surface area contributed by atoms with Gasteiger partial charge in [0.1, 0.15) is 11.3 Å². The summed E-state index contributed by atoms with van der Waals surface area (Å²) in [5.41, 5.74) is 0.0863. The third kappa shape index (κ3) is 2.14. The number of nitrogens with zero attached hydrogens (tertiary/aromatic N) is 2. The minimum absolute atomic E-state index is 0.230. The van der Waals surface area contributed by atoms with Crippen LogP contribution >= 0.6 is 0 Å². The number of aromatic nitrogens is 2. The molecule has 2 rings (SSSR count). The van der Waals surface area contributed by atoms with Gasteiger partial charge in [-0.2, -0.15) is 5.10 Å². The SMILES string of the molecule is CCC1CCC(O)(c2c(OC)cnn2C(C)C)C1. The number of hydrogen-bond acceptors (Lipinski definition) is 3. The summed E-state index contributed by atoms with van der Waals surface area (Å²) in [6, 6.07) is 0.230. The fourth-order valence-electron chi connectivity index (χ4n) is 3.02. The highest BCUT2D eigenvalue weighted by Crippen LogP contribution is 2.46. The fourth-order valence-corrected chi connectivity index (χ4v) is 3.02. The van der Waals surface area contributed by atoms with Crippen LogP contribution in [-0.2, 0) is 5.60 Å². The molecule has 0 bridgehead atoms. The Labute approximate surface area is 109 Å². The largest absolute Gasteiger partial charge is 0.493 e. The van der Waals surface area contributed by atoms with Gasteiger partial charge in [-0.15, -0.1) is 0 Å². The molecule has 0 aromatic carbocycles. The molecule has 0 spiro atoms. The molecule has 0 aliphatic heterocycles. The third-order valence-electron chi connectivity index (χ3n) is 4.08. The predicted molar refractivity (Wildman–Crippen MR) is 70.7 cm³/mol. The quantitative estimate of drug-likeness (QED) is 0.896. The highest BCUT2D eigenvalue weighted by molar-refractivity contribution is 5.32. The number of methoxy groups -OCH3 is 1. The number of rotatable bonds is 4. The number of aliphatic hydroxyl groups is 1. The van der Waals surface area contributed by atoms with Gasteiger partial charge in [-0.3, -0.25) is 4.68 Å². The summed E-state index contributed by atoms with van der Waals surface area (Å²) in [5.74, 6) is 1.32. The average molecular weight is 252 g/mol. The van der Waals surface area contributed by atoms with Gasteiger partial charge in [-0.1, -0.05) is 13.3 Å². The molecule has 102 valence electrons. The van der Waals surface area contributed by atoms with Crippen LogP contribution in [0.2, 0.25) is 0 Å². The lowest BCUT2D eigenvalue weighted by Crippen LogP contribution is -2.27. The molecule has 1 aliphatic rings. The van der Waals surface area contributed by atoms with E-state index in [0.717, 1.165) is 31.4 Å². The van der Waals surface area contributed by atoms with Crippen LogP contribution in [-0.4, -0.2) is 22.0 Å². The van der Waals surface area contributed by atoms with Crippen molar-refractivity contribution >= 4 is 0 Å². The van der Waals surface area contributed by atoms with Crippen molar-refractivity contribution < 1.29 is 9.84 Å². The second-order valence-corrected chi connectivity index (χ2v) is 5.65. The van der Waals surface area contributed by atoms with Crippen molar-refractivity contribution in [2.75, 3.05) is 7.11 Å². The zero-order valence-corrected chi connectivity index (χ0v) is 11.8. The smallest absolute Gasteiger partial charge is 0.162 e. The van der Waals surface area contributed by atoms with Gasteiger partial charge in [0, 0.05) is 6.04 Å². The zero-order valence-electron chi connectivity index (χ0n) is 11.8. The molecular weight excluding hydrogens is 228 g/mol. The summed E-state index contributed by atoms with van der Waals surface area (Å²) < 4.78 is 7.28. The normalized spacial score (nSPS) is 28.0. The lowest BCUT2D eigenvalue weighted by molar-refractivity contribution is 0.0269. The van der Waals surface area contributed by atoms with E-state index in [-0.39, 0.29) is 6.04 Å². The van der Waals surface area contributed by atoms with Gasteiger partial charge < -0.3 is 9.84 Å². The standard InChI is InChI=1S/C14H24N2O2/c1-5-11-6-7-14(17,8-11)13-12(18-4)9-15-16(13)10(2)3/h9-11,17H,5-8H2,1-4H3. The Kier molecular flexibility index (Phi) is 3.66. The highest BCUT2D eigenvalue weighted by Gasteiger charge is 2.43. The molecule has 1 aromatic rings. The average Bonchev–Trinajstić information content (AvgIpc) is 2.92. The monoisotopic (exact) mass is 252 g/mol. The third-order valence-corrected chi connectivity index (χ3v) is 4.08. The minimum atomic E-state index is -0.771. The van der Waals surface area contributed by atoms with E-state index in [2.05, 4.69) is 25.9 Å². The van der Waals surface area contributed by atoms with Crippen LogP contribution in [0.5, 0.6) is 5.75 Å². The van der Waals surface area contributed by atoms with Crippen LogP contribution in [0.4, 0.5) is 0 Å². The van der Waals surface area contributed by atoms with E-state index in [9.17, 15) is 5.11 Å². The first-order chi connectivity index (χ1) is 8.51. The lowest BCUT2D eigenvalue weighted by Gasteiger charge is -2.26. The number of hydrogen-bond donors (Lipinski definition) is 1. The van der Waals surface area contributed by atoms with E-state index in [1.165, 1.54) is 0 Å². The molecule has 0 saturated heterocycles. The summed E-state index contributed by atoms with van der Waals surface area (Å²) in [7, 11) is 1.64. The second-order valence-electron chi connectivity index (χ2n) is 5.65. The fraction of sp³-hybridized carbons (Fsp3) is 0.786. The lowest BCUT2D eigenvalue weighted by atomic mass is 9.94. The summed E-state index contributed by atoms with van der Waals surface area (Å²) in [6.07, 6.45) is 5.55. The molecule has 4 heteroatoms. The van der Waals surface area contributed by atoms with Crippen molar-refractivity contribution in [1.82, 2.24) is 9.78 Å². The Morgan fingerprint density at radius 3 is 2.83 bits per heavy atom. The van der Waals surface area contributed by atoms with Crippen molar-refractivity contribution in [2.45, 2.75) is 58.1 Å². The van der Waals surface area contributed by atoms with Crippen LogP contribution < -0.4 is 4.74 Å². The summed E-state index contributed by atoms with van der Waals surface area (Å²) in [4.78, 5) is 0. The van der Waals surface area contributed by atoms with E-state index in [0.29, 0.717) is 11.7 Å². The van der Waals surface area contributed by atoms with E-state index >= 15 is 0 Å². The van der Waals surface area contributed by atoms with E-state index in [1.807, 2.05) is 4.68 Å². The van der Waals surface area contributed by atoms with Gasteiger partial charge in [0.15, 0.2) is 5.75 Å². The van der Waals surface area contributed by atoms with Crippen LogP contribution in [0, 0.1) is 5.92 Å². The highest BCUT2D eigenvalue weighted by atomic mass is 16.5. The van der Waals surface area contributed by atoms with Crippen LogP contribution in [0.15, 0.2) is 6.20 Å². The molecule has 1 N–H and O–H groups in total. The van der Waals surface area contributed by atoms with E-state index in [1.54, 1.807) is 13.3 Å². The first kappa shape index (κ1) is 13.4. The first-order valence-corrected chi connectivity index (χ1v) is 6.86. The zero-order chi connectivity index (χ0) is 13.3. The molecule has 2 unspecified atom stereocenters. The van der Waals surface area contributed by atoms with Gasteiger partial charge in [-0.25, -0.2) is 0 Å². The molecule has 4 nitrogen and oxygen atoms in total. The summed E-state index contributed by atoms with van der Waals surface area (Å²) in [6.45, 7) is 6.34. The first-order valence-electron chi connectivity index (χ1n) is 6.86. The predicted octanol–water partition coefficient (Wildman–Crippen LogP) is 2.87. The maximum atomic E-state index is 11.0. The Bertz CT molecular complexity index is 414. The summed E-state index contributed by atoms with van der Waals surface area (Å²) >= 11 is 0. The Balaban J connectivity index is 2.40. The van der Waals surface area contributed by atoms with Gasteiger partial charge in [-0.05, 0) is 39.0 Å². The Morgan fingerprint density at radius 2 is 2.33 bits per heavy atom. The molecule has 0 radical (unpaired) electrons.